The fraction of sp³-hybridized carbons (Fsp3) is 0.228. The van der Waals surface area contributed by atoms with Crippen molar-refractivity contribution in [2.45, 2.75) is 65.6 Å². The quantitative estimate of drug-likeness (QED) is 0.0815. The van der Waals surface area contributed by atoms with E-state index >= 15 is 0 Å². The number of carboxylic acid groups (broad SMARTS) is 1. The van der Waals surface area contributed by atoms with E-state index in [-0.39, 0.29) is 0 Å². The highest BCUT2D eigenvalue weighted by Gasteiger charge is 2.31. The van der Waals surface area contributed by atoms with Crippen LogP contribution in [-0.2, 0) is 27.2 Å². The summed E-state index contributed by atoms with van der Waals surface area (Å²) in [5.74, 6) is 3.94. The van der Waals surface area contributed by atoms with Crippen molar-refractivity contribution in [3.05, 3.63) is 181 Å². The minimum atomic E-state index is -1.32. The zero-order valence-electron chi connectivity index (χ0n) is 39.9. The van der Waals surface area contributed by atoms with Crippen LogP contribution in [0.2, 0.25) is 0 Å². The molecule has 8 rings (SSSR count). The van der Waals surface area contributed by atoms with Gasteiger partial charge in [0.25, 0.3) is 0 Å². The molecule has 0 atom stereocenters. The van der Waals surface area contributed by atoms with Crippen molar-refractivity contribution in [2.75, 3.05) is 20.3 Å². The van der Waals surface area contributed by atoms with Crippen LogP contribution in [0.15, 0.2) is 167 Å². The van der Waals surface area contributed by atoms with Gasteiger partial charge < -0.3 is 37.6 Å². The highest BCUT2D eigenvalue weighted by molar-refractivity contribution is 5.79. The number of nitrogens with zero attached hydrogens (tertiary/aromatic N) is 2. The predicted molar refractivity (Wildman–Crippen MR) is 265 cm³/mol. The molecule has 0 bridgehead atoms. The fourth-order valence-corrected chi connectivity index (χ4v) is 7.19. The number of hydrogen-bond acceptors (Lipinski definition) is 11. The maximum absolute atomic E-state index is 12.0. The molecule has 0 saturated carbocycles. The van der Waals surface area contributed by atoms with E-state index in [9.17, 15) is 14.7 Å². The number of esters is 1. The van der Waals surface area contributed by atoms with Crippen LogP contribution in [0, 0.1) is 13.8 Å². The van der Waals surface area contributed by atoms with Crippen LogP contribution in [-0.4, -0.2) is 58.5 Å². The molecule has 0 unspecified atom stereocenters. The Balaban J connectivity index is 0.000000204. The van der Waals surface area contributed by atoms with Crippen molar-refractivity contribution in [1.29, 1.82) is 0 Å². The second-order valence-corrected chi connectivity index (χ2v) is 17.1. The smallest absolute Gasteiger partial charge is 0.349 e. The fourth-order valence-electron chi connectivity index (χ4n) is 7.19. The summed E-state index contributed by atoms with van der Waals surface area (Å²) in [6.07, 6.45) is 1.26. The van der Waals surface area contributed by atoms with Gasteiger partial charge in [-0.05, 0) is 137 Å². The lowest BCUT2D eigenvalue weighted by atomic mass is 10.0. The van der Waals surface area contributed by atoms with Gasteiger partial charge >= 0.3 is 11.9 Å². The summed E-state index contributed by atoms with van der Waals surface area (Å²) in [7, 11) is 1.35. The predicted octanol–water partition coefficient (Wildman–Crippen LogP) is 12.4. The summed E-state index contributed by atoms with van der Waals surface area (Å²) in [4.78, 5) is 32.6. The van der Waals surface area contributed by atoms with Gasteiger partial charge in [0.15, 0.2) is 11.2 Å². The molecule has 2 heterocycles. The van der Waals surface area contributed by atoms with Crippen LogP contribution < -0.4 is 18.9 Å². The minimum Gasteiger partial charge on any atom is -0.493 e. The molecular formula is C57H56N2O10. The number of benzene rings is 6. The molecule has 0 saturated heterocycles. The molecule has 1 N–H and O–H groups in total. The number of hydrogen-bond donors (Lipinski definition) is 1. The van der Waals surface area contributed by atoms with Gasteiger partial charge in [0.1, 0.15) is 34.5 Å². The molecule has 354 valence electrons. The van der Waals surface area contributed by atoms with Crippen molar-refractivity contribution in [2.24, 2.45) is 0 Å². The average molecular weight is 929 g/mol. The van der Waals surface area contributed by atoms with Gasteiger partial charge in [-0.25, -0.2) is 19.6 Å². The number of carbonyl (C=O) groups excluding carboxylic acids is 1. The first-order valence-corrected chi connectivity index (χ1v) is 22.6. The third-order valence-corrected chi connectivity index (χ3v) is 11.0. The Morgan fingerprint density at radius 3 is 1.22 bits per heavy atom. The number of aryl methyl sites for hydroxylation is 2. The van der Waals surface area contributed by atoms with Crippen molar-refractivity contribution in [1.82, 2.24) is 9.97 Å². The number of aromatic nitrogens is 2. The Morgan fingerprint density at radius 1 is 0.493 bits per heavy atom. The lowest BCUT2D eigenvalue weighted by Crippen LogP contribution is -2.39. The molecule has 6 aromatic carbocycles. The van der Waals surface area contributed by atoms with E-state index in [1.165, 1.54) is 21.0 Å². The number of aliphatic carboxylic acids is 1. The molecule has 8 aromatic rings. The van der Waals surface area contributed by atoms with Gasteiger partial charge in [-0.3, -0.25) is 0 Å². The van der Waals surface area contributed by atoms with Crippen molar-refractivity contribution in [3.8, 4) is 68.2 Å². The Morgan fingerprint density at radius 2 is 0.841 bits per heavy atom. The second-order valence-electron chi connectivity index (χ2n) is 17.1. The molecule has 69 heavy (non-hydrogen) atoms. The van der Waals surface area contributed by atoms with Crippen molar-refractivity contribution in [3.63, 3.8) is 0 Å². The van der Waals surface area contributed by atoms with Crippen LogP contribution >= 0.6 is 0 Å². The first kappa shape index (κ1) is 48.8. The third-order valence-electron chi connectivity index (χ3n) is 11.0. The van der Waals surface area contributed by atoms with E-state index in [1.807, 2.05) is 166 Å². The molecule has 0 fully saturated rings. The zero-order valence-corrected chi connectivity index (χ0v) is 39.9. The monoisotopic (exact) mass is 928 g/mol. The van der Waals surface area contributed by atoms with Gasteiger partial charge in [0.2, 0.25) is 11.8 Å². The summed E-state index contributed by atoms with van der Waals surface area (Å²) >= 11 is 0. The maximum atomic E-state index is 12.0. The molecule has 0 aliphatic heterocycles. The molecule has 0 radical (unpaired) electrons. The number of ether oxygens (including phenoxy) is 5. The van der Waals surface area contributed by atoms with Crippen LogP contribution in [0.3, 0.4) is 0 Å². The largest absolute Gasteiger partial charge is 0.493 e. The average Bonchev–Trinajstić information content (AvgIpc) is 3.92. The Bertz CT molecular complexity index is 2970. The maximum Gasteiger partial charge on any atom is 0.349 e. The lowest BCUT2D eigenvalue weighted by Gasteiger charge is -2.23. The van der Waals surface area contributed by atoms with E-state index < -0.39 is 23.1 Å². The topological polar surface area (TPSA) is 153 Å². The van der Waals surface area contributed by atoms with Crippen molar-refractivity contribution < 1.29 is 47.2 Å². The normalized spacial score (nSPS) is 11.2. The molecule has 0 amide bonds. The number of oxazole rings is 2. The highest BCUT2D eigenvalue weighted by atomic mass is 16.6. The van der Waals surface area contributed by atoms with E-state index in [1.54, 1.807) is 19.9 Å². The van der Waals surface area contributed by atoms with E-state index in [4.69, 9.17) is 32.5 Å². The highest BCUT2D eigenvalue weighted by Crippen LogP contribution is 2.31. The SMILES string of the molecule is COC(=O)C(C)(C)Oc1cccc(-c2cccc(OCCc3nc(-c4ccccc4)oc3C)c2)c1.Cc1oc(-c2ccccc2)nc1CCOc1cccc(-c2cccc(OC(C)(C)C(=O)O)c2)c1. The van der Waals surface area contributed by atoms with Crippen molar-refractivity contribution >= 4 is 11.9 Å². The summed E-state index contributed by atoms with van der Waals surface area (Å²) < 4.78 is 40.1. The summed E-state index contributed by atoms with van der Waals surface area (Å²) in [5, 5.41) is 9.31. The molecular weight excluding hydrogens is 873 g/mol. The number of rotatable bonds is 18. The number of carboxylic acids is 1. The van der Waals surface area contributed by atoms with Crippen LogP contribution in [0.1, 0.15) is 50.6 Å². The number of methoxy groups -OCH3 is 1. The summed E-state index contributed by atoms with van der Waals surface area (Å²) in [6.45, 7) is 11.2. The van der Waals surface area contributed by atoms with E-state index in [0.717, 1.165) is 67.8 Å². The Hall–Kier alpha value is -8.12. The Kier molecular flexibility index (Phi) is 15.6. The Labute approximate surface area is 402 Å². The van der Waals surface area contributed by atoms with Gasteiger partial charge in [-0.2, -0.15) is 0 Å². The molecule has 12 nitrogen and oxygen atoms in total. The standard InChI is InChI=1S/C29H29NO5.C28H27NO5/c1-20-26(30-27(34-20)21-10-6-5-7-11-21)16-17-33-24-14-8-12-22(18-24)23-13-9-15-25(19-23)35-29(2,3)28(31)32-4;1-19-25(29-26(33-19)20-9-5-4-6-10-20)15-16-32-23-13-7-11-21(17-23)22-12-8-14-24(18-22)34-28(2,3)27(30)31/h5-15,18-19H,16-17H2,1-4H3;4-14,17-18H,15-16H2,1-3H3,(H,30,31). The molecule has 2 aromatic heterocycles. The van der Waals surface area contributed by atoms with Crippen LogP contribution in [0.5, 0.6) is 23.0 Å². The lowest BCUT2D eigenvalue weighted by molar-refractivity contribution is -0.156. The minimum absolute atomic E-state index is 0.434. The van der Waals surface area contributed by atoms with E-state index in [0.29, 0.717) is 49.3 Å². The second kappa shape index (κ2) is 22.1. The molecule has 0 aliphatic rings. The third kappa shape index (κ3) is 13.1. The summed E-state index contributed by atoms with van der Waals surface area (Å²) in [6, 6.07) is 50.3. The van der Waals surface area contributed by atoms with Gasteiger partial charge in [0, 0.05) is 24.0 Å². The van der Waals surface area contributed by atoms with Crippen LogP contribution in [0.4, 0.5) is 0 Å². The molecule has 0 aliphatic carbocycles. The zero-order chi connectivity index (χ0) is 49.0. The molecule has 12 heteroatoms. The molecule has 0 spiro atoms. The summed E-state index contributed by atoms with van der Waals surface area (Å²) in [5.41, 5.74) is 5.05. The van der Waals surface area contributed by atoms with E-state index in [2.05, 4.69) is 9.97 Å². The van der Waals surface area contributed by atoms with Gasteiger partial charge in [0.05, 0.1) is 31.7 Å². The van der Waals surface area contributed by atoms with Gasteiger partial charge in [-0.1, -0.05) is 84.9 Å². The number of carbonyl (C=O) groups is 2. The van der Waals surface area contributed by atoms with Crippen LogP contribution in [0.25, 0.3) is 45.2 Å². The first-order valence-electron chi connectivity index (χ1n) is 22.6. The van der Waals surface area contributed by atoms with Gasteiger partial charge in [-0.15, -0.1) is 0 Å². The first-order chi connectivity index (χ1) is 33.2.